The van der Waals surface area contributed by atoms with E-state index in [1.807, 2.05) is 12.1 Å². The van der Waals surface area contributed by atoms with E-state index < -0.39 is 10.0 Å². The summed E-state index contributed by atoms with van der Waals surface area (Å²) >= 11 is 0. The van der Waals surface area contributed by atoms with Crippen molar-refractivity contribution in [2.24, 2.45) is 5.92 Å². The van der Waals surface area contributed by atoms with E-state index in [9.17, 15) is 8.42 Å². The van der Waals surface area contributed by atoms with Crippen molar-refractivity contribution in [3.8, 4) is 0 Å². The standard InChI is InChI=1S/C16H24N2O2S/c1-2-13-7-10-18(11-8-13)21(19,20)15-6-5-14-4-3-9-17-16(14)12-15/h5-6,12-13,17H,2-4,7-11H2,1H3. The number of piperidine rings is 1. The molecule has 0 unspecified atom stereocenters. The van der Waals surface area contributed by atoms with Crippen LogP contribution >= 0.6 is 0 Å². The van der Waals surface area contributed by atoms with Crippen molar-refractivity contribution in [3.63, 3.8) is 0 Å². The van der Waals surface area contributed by atoms with Crippen LogP contribution in [0.1, 0.15) is 38.2 Å². The number of hydrogen-bond donors (Lipinski definition) is 1. The normalized spacial score (nSPS) is 20.8. The highest BCUT2D eigenvalue weighted by Crippen LogP contribution is 2.29. The number of nitrogens with zero attached hydrogens (tertiary/aromatic N) is 1. The molecule has 116 valence electrons. The zero-order chi connectivity index (χ0) is 14.9. The molecule has 21 heavy (non-hydrogen) atoms. The van der Waals surface area contributed by atoms with Gasteiger partial charge < -0.3 is 5.32 Å². The molecular weight excluding hydrogens is 284 g/mol. The van der Waals surface area contributed by atoms with Crippen LogP contribution < -0.4 is 5.32 Å². The third kappa shape index (κ3) is 2.94. The van der Waals surface area contributed by atoms with Crippen molar-refractivity contribution in [1.29, 1.82) is 0 Å². The Morgan fingerprint density at radius 2 is 2.05 bits per heavy atom. The lowest BCUT2D eigenvalue weighted by Gasteiger charge is -2.31. The van der Waals surface area contributed by atoms with Crippen molar-refractivity contribution >= 4 is 15.7 Å². The quantitative estimate of drug-likeness (QED) is 0.934. The van der Waals surface area contributed by atoms with Crippen molar-refractivity contribution in [2.45, 2.75) is 43.9 Å². The Balaban J connectivity index is 1.82. The highest BCUT2D eigenvalue weighted by Gasteiger charge is 2.29. The monoisotopic (exact) mass is 308 g/mol. The molecule has 1 fully saturated rings. The molecule has 0 atom stereocenters. The first-order chi connectivity index (χ1) is 10.1. The largest absolute Gasteiger partial charge is 0.385 e. The second kappa shape index (κ2) is 5.97. The van der Waals surface area contributed by atoms with Crippen LogP contribution in [-0.2, 0) is 16.4 Å². The Hall–Kier alpha value is -1.07. The molecule has 2 aliphatic heterocycles. The SMILES string of the molecule is CCC1CCN(S(=O)(=O)c2ccc3c(c2)NCCC3)CC1. The van der Waals surface area contributed by atoms with Crippen LogP contribution in [0, 0.1) is 5.92 Å². The molecule has 0 amide bonds. The maximum absolute atomic E-state index is 12.8. The number of nitrogens with one attached hydrogen (secondary N) is 1. The van der Waals surface area contributed by atoms with E-state index in [-0.39, 0.29) is 0 Å². The molecule has 1 aromatic rings. The molecule has 3 rings (SSSR count). The first-order valence-corrected chi connectivity index (χ1v) is 9.42. The van der Waals surface area contributed by atoms with Gasteiger partial charge in [-0.15, -0.1) is 0 Å². The van der Waals surface area contributed by atoms with Crippen molar-refractivity contribution in [3.05, 3.63) is 23.8 Å². The van der Waals surface area contributed by atoms with E-state index in [1.54, 1.807) is 10.4 Å². The Bertz CT molecular complexity index is 605. The molecule has 0 saturated carbocycles. The number of benzene rings is 1. The van der Waals surface area contributed by atoms with Crippen molar-refractivity contribution < 1.29 is 8.42 Å². The third-order valence-corrected chi connectivity index (χ3v) is 6.70. The molecule has 0 aliphatic carbocycles. The molecule has 5 heteroatoms. The lowest BCUT2D eigenvalue weighted by Crippen LogP contribution is -2.38. The zero-order valence-electron chi connectivity index (χ0n) is 12.6. The average Bonchev–Trinajstić information content (AvgIpc) is 2.54. The fourth-order valence-electron chi connectivity index (χ4n) is 3.31. The number of fused-ring (bicyclic) bond motifs is 1. The summed E-state index contributed by atoms with van der Waals surface area (Å²) in [5.41, 5.74) is 2.22. The fourth-order valence-corrected chi connectivity index (χ4v) is 4.80. The van der Waals surface area contributed by atoms with Gasteiger partial charge >= 0.3 is 0 Å². The Morgan fingerprint density at radius 1 is 1.29 bits per heavy atom. The van der Waals surface area contributed by atoms with Crippen LogP contribution in [0.2, 0.25) is 0 Å². The second-order valence-electron chi connectivity index (χ2n) is 6.10. The average molecular weight is 308 g/mol. The predicted molar refractivity (Wildman–Crippen MR) is 85.0 cm³/mol. The van der Waals surface area contributed by atoms with Crippen LogP contribution in [0.5, 0.6) is 0 Å². The number of rotatable bonds is 3. The summed E-state index contributed by atoms with van der Waals surface area (Å²) in [6.45, 7) is 4.43. The molecular formula is C16H24N2O2S. The van der Waals surface area contributed by atoms with E-state index in [0.717, 1.165) is 44.3 Å². The Labute approximate surface area is 127 Å². The molecule has 4 nitrogen and oxygen atoms in total. The topological polar surface area (TPSA) is 49.4 Å². The number of sulfonamides is 1. The van der Waals surface area contributed by atoms with Crippen LogP contribution in [0.3, 0.4) is 0 Å². The molecule has 0 bridgehead atoms. The van der Waals surface area contributed by atoms with Gasteiger partial charge in [-0.25, -0.2) is 8.42 Å². The lowest BCUT2D eigenvalue weighted by atomic mass is 9.96. The third-order valence-electron chi connectivity index (χ3n) is 4.81. The molecule has 1 saturated heterocycles. The summed E-state index contributed by atoms with van der Waals surface area (Å²) in [6, 6.07) is 5.55. The van der Waals surface area contributed by atoms with Gasteiger partial charge in [-0.1, -0.05) is 19.4 Å². The second-order valence-corrected chi connectivity index (χ2v) is 8.04. The number of aryl methyl sites for hydroxylation is 1. The van der Waals surface area contributed by atoms with Gasteiger partial charge in [0.05, 0.1) is 4.90 Å². The van der Waals surface area contributed by atoms with E-state index in [0.29, 0.717) is 23.9 Å². The van der Waals surface area contributed by atoms with Gasteiger partial charge in [0, 0.05) is 25.3 Å². The Morgan fingerprint density at radius 3 is 2.76 bits per heavy atom. The van der Waals surface area contributed by atoms with E-state index >= 15 is 0 Å². The molecule has 1 N–H and O–H groups in total. The first-order valence-electron chi connectivity index (χ1n) is 7.98. The van der Waals surface area contributed by atoms with Crippen LogP contribution in [0.25, 0.3) is 0 Å². The number of anilines is 1. The highest BCUT2D eigenvalue weighted by molar-refractivity contribution is 7.89. The summed E-state index contributed by atoms with van der Waals surface area (Å²) in [7, 11) is -3.33. The zero-order valence-corrected chi connectivity index (χ0v) is 13.5. The van der Waals surface area contributed by atoms with Crippen LogP contribution in [0.15, 0.2) is 23.1 Å². The molecule has 0 aromatic heterocycles. The maximum atomic E-state index is 12.8. The molecule has 1 aromatic carbocycles. The van der Waals surface area contributed by atoms with Crippen molar-refractivity contribution in [2.75, 3.05) is 25.0 Å². The Kier molecular flexibility index (Phi) is 4.22. The van der Waals surface area contributed by atoms with E-state index in [1.165, 1.54) is 5.56 Å². The van der Waals surface area contributed by atoms with Gasteiger partial charge in [-0.3, -0.25) is 0 Å². The lowest BCUT2D eigenvalue weighted by molar-refractivity contribution is 0.269. The maximum Gasteiger partial charge on any atom is 0.243 e. The molecule has 0 radical (unpaired) electrons. The van der Waals surface area contributed by atoms with Crippen molar-refractivity contribution in [1.82, 2.24) is 4.31 Å². The molecule has 2 aliphatic rings. The van der Waals surface area contributed by atoms with Gasteiger partial charge in [0.25, 0.3) is 0 Å². The van der Waals surface area contributed by atoms with E-state index in [2.05, 4.69) is 12.2 Å². The minimum Gasteiger partial charge on any atom is -0.385 e. The summed E-state index contributed by atoms with van der Waals surface area (Å²) in [5.74, 6) is 0.682. The fraction of sp³-hybridized carbons (Fsp3) is 0.625. The highest BCUT2D eigenvalue weighted by atomic mass is 32.2. The molecule has 0 spiro atoms. The smallest absolute Gasteiger partial charge is 0.243 e. The van der Waals surface area contributed by atoms with Gasteiger partial charge in [-0.2, -0.15) is 4.31 Å². The summed E-state index contributed by atoms with van der Waals surface area (Å²) in [5, 5.41) is 3.31. The summed E-state index contributed by atoms with van der Waals surface area (Å²) in [6.07, 6.45) is 5.27. The van der Waals surface area contributed by atoms with Gasteiger partial charge in [0.15, 0.2) is 0 Å². The first kappa shape index (κ1) is 14.9. The van der Waals surface area contributed by atoms with Gasteiger partial charge in [-0.05, 0) is 49.3 Å². The van der Waals surface area contributed by atoms with Crippen LogP contribution in [0.4, 0.5) is 5.69 Å². The van der Waals surface area contributed by atoms with E-state index in [4.69, 9.17) is 0 Å². The minimum absolute atomic E-state index is 0.436. The summed E-state index contributed by atoms with van der Waals surface area (Å²) in [4.78, 5) is 0.436. The summed E-state index contributed by atoms with van der Waals surface area (Å²) < 4.78 is 27.2. The minimum atomic E-state index is -3.33. The van der Waals surface area contributed by atoms with Gasteiger partial charge in [0.2, 0.25) is 10.0 Å². The number of hydrogen-bond acceptors (Lipinski definition) is 3. The van der Waals surface area contributed by atoms with Gasteiger partial charge in [0.1, 0.15) is 0 Å². The predicted octanol–water partition coefficient (Wildman–Crippen LogP) is 2.86. The van der Waals surface area contributed by atoms with Crippen LogP contribution in [-0.4, -0.2) is 32.4 Å². The molecule has 2 heterocycles.